The first-order valence-electron chi connectivity index (χ1n) is 10.2. The van der Waals surface area contributed by atoms with Crippen LogP contribution in [0.3, 0.4) is 0 Å². The first-order valence-corrected chi connectivity index (χ1v) is 10.2. The van der Waals surface area contributed by atoms with Crippen LogP contribution in [0.2, 0.25) is 0 Å². The zero-order chi connectivity index (χ0) is 21.4. The molecule has 2 aromatic carbocycles. The molecule has 8 nitrogen and oxygen atoms in total. The van der Waals surface area contributed by atoms with E-state index in [-0.39, 0.29) is 6.04 Å². The molecule has 0 amide bonds. The summed E-state index contributed by atoms with van der Waals surface area (Å²) >= 11 is 0. The van der Waals surface area contributed by atoms with Crippen LogP contribution in [0.25, 0.3) is 33.6 Å². The van der Waals surface area contributed by atoms with Crippen LogP contribution in [0.1, 0.15) is 25.7 Å². The van der Waals surface area contributed by atoms with E-state index in [1.165, 1.54) is 0 Å². The van der Waals surface area contributed by atoms with Gasteiger partial charge in [0.25, 0.3) is 0 Å². The number of ether oxygens (including phenoxy) is 1. The predicted octanol–water partition coefficient (Wildman–Crippen LogP) is 4.57. The van der Waals surface area contributed by atoms with Crippen molar-refractivity contribution in [2.75, 3.05) is 12.4 Å². The molecule has 0 atom stereocenters. The van der Waals surface area contributed by atoms with Crippen LogP contribution < -0.4 is 10.1 Å². The number of anilines is 1. The molecule has 8 heteroatoms. The Hall–Kier alpha value is -3.94. The molecule has 0 aliphatic heterocycles. The van der Waals surface area contributed by atoms with Crippen LogP contribution in [-0.2, 0) is 6.54 Å². The molecule has 156 valence electrons. The number of methoxy groups -OCH3 is 1. The Labute approximate surface area is 179 Å². The van der Waals surface area contributed by atoms with E-state index in [9.17, 15) is 0 Å². The molecule has 0 aliphatic rings. The maximum atomic E-state index is 5.29. The number of nitrogens with zero attached hydrogens (tertiary/aromatic N) is 5. The fourth-order valence-electron chi connectivity index (χ4n) is 3.73. The highest BCUT2D eigenvalue weighted by Crippen LogP contribution is 2.30. The summed E-state index contributed by atoms with van der Waals surface area (Å²) in [5, 5.41) is 3.37. The fraction of sp³-hybridized carbons (Fsp3) is 0.217. The van der Waals surface area contributed by atoms with Gasteiger partial charge in [-0.15, -0.1) is 0 Å². The third-order valence-electron chi connectivity index (χ3n) is 5.20. The Balaban J connectivity index is 1.53. The van der Waals surface area contributed by atoms with Gasteiger partial charge in [0, 0.05) is 11.6 Å². The standard InChI is InChI=1S/C23H23N7O/c1-14(2)30-22(15-8-10-16(31-3)11-9-15)29-20-21(25-13-26-23(20)30)24-12-19-27-17-6-4-5-7-18(17)28-19/h4-11,13-14H,12H2,1-3H3,(H,27,28)(H,24,25,26). The summed E-state index contributed by atoms with van der Waals surface area (Å²) < 4.78 is 7.42. The molecule has 31 heavy (non-hydrogen) atoms. The molecule has 3 heterocycles. The van der Waals surface area contributed by atoms with Gasteiger partial charge in [-0.05, 0) is 50.2 Å². The zero-order valence-electron chi connectivity index (χ0n) is 17.6. The molecule has 0 saturated heterocycles. The van der Waals surface area contributed by atoms with E-state index < -0.39 is 0 Å². The van der Waals surface area contributed by atoms with Crippen molar-refractivity contribution in [3.8, 4) is 17.1 Å². The molecule has 0 aliphatic carbocycles. The smallest absolute Gasteiger partial charge is 0.166 e. The van der Waals surface area contributed by atoms with E-state index in [0.717, 1.165) is 45.2 Å². The van der Waals surface area contributed by atoms with E-state index in [4.69, 9.17) is 9.72 Å². The Kier molecular flexibility index (Phi) is 4.74. The van der Waals surface area contributed by atoms with Crippen molar-refractivity contribution in [3.05, 3.63) is 60.7 Å². The molecule has 5 aromatic rings. The lowest BCUT2D eigenvalue weighted by molar-refractivity contribution is 0.415. The van der Waals surface area contributed by atoms with Crippen molar-refractivity contribution in [1.82, 2.24) is 29.5 Å². The van der Waals surface area contributed by atoms with Gasteiger partial charge in [0.15, 0.2) is 17.0 Å². The number of aromatic amines is 1. The summed E-state index contributed by atoms with van der Waals surface area (Å²) in [6.07, 6.45) is 1.57. The molecule has 2 N–H and O–H groups in total. The van der Waals surface area contributed by atoms with E-state index in [1.807, 2.05) is 48.5 Å². The molecule has 0 bridgehead atoms. The van der Waals surface area contributed by atoms with Crippen LogP contribution in [0.5, 0.6) is 5.75 Å². The Bertz CT molecular complexity index is 1320. The molecule has 3 aromatic heterocycles. The van der Waals surface area contributed by atoms with E-state index in [1.54, 1.807) is 13.4 Å². The number of aromatic nitrogens is 6. The first-order chi connectivity index (χ1) is 15.1. The van der Waals surface area contributed by atoms with Crippen LogP contribution in [0.15, 0.2) is 54.9 Å². The third kappa shape index (κ3) is 3.46. The van der Waals surface area contributed by atoms with E-state index in [0.29, 0.717) is 12.4 Å². The van der Waals surface area contributed by atoms with Crippen molar-refractivity contribution in [1.29, 1.82) is 0 Å². The van der Waals surface area contributed by atoms with Gasteiger partial charge in [0.2, 0.25) is 0 Å². The SMILES string of the molecule is COc1ccc(-c2nc3c(NCc4nc5ccccc5[nH]4)ncnc3n2C(C)C)cc1. The average molecular weight is 413 g/mol. The van der Waals surface area contributed by atoms with Crippen molar-refractivity contribution in [2.24, 2.45) is 0 Å². The molecule has 5 rings (SSSR count). The fourth-order valence-corrected chi connectivity index (χ4v) is 3.73. The van der Waals surface area contributed by atoms with Crippen LogP contribution in [-0.4, -0.2) is 36.6 Å². The summed E-state index contributed by atoms with van der Waals surface area (Å²) in [6, 6.07) is 16.0. The van der Waals surface area contributed by atoms with Crippen molar-refractivity contribution < 1.29 is 4.74 Å². The van der Waals surface area contributed by atoms with Gasteiger partial charge in [-0.2, -0.15) is 0 Å². The summed E-state index contributed by atoms with van der Waals surface area (Å²) in [6.45, 7) is 4.75. The Morgan fingerprint density at radius 1 is 1.03 bits per heavy atom. The highest BCUT2D eigenvalue weighted by molar-refractivity contribution is 5.86. The normalized spacial score (nSPS) is 11.5. The van der Waals surface area contributed by atoms with Crippen molar-refractivity contribution in [2.45, 2.75) is 26.4 Å². The maximum absolute atomic E-state index is 5.29. The second kappa shape index (κ2) is 7.71. The first kappa shape index (κ1) is 19.0. The molecule has 0 spiro atoms. The summed E-state index contributed by atoms with van der Waals surface area (Å²) in [7, 11) is 1.66. The van der Waals surface area contributed by atoms with Crippen molar-refractivity contribution in [3.63, 3.8) is 0 Å². The van der Waals surface area contributed by atoms with Crippen LogP contribution >= 0.6 is 0 Å². The number of benzene rings is 2. The lowest BCUT2D eigenvalue weighted by Crippen LogP contribution is -2.06. The zero-order valence-corrected chi connectivity index (χ0v) is 17.6. The minimum atomic E-state index is 0.181. The number of para-hydroxylation sites is 2. The van der Waals surface area contributed by atoms with E-state index >= 15 is 0 Å². The van der Waals surface area contributed by atoms with Gasteiger partial charge < -0.3 is 19.6 Å². The van der Waals surface area contributed by atoms with Crippen molar-refractivity contribution >= 4 is 28.0 Å². The average Bonchev–Trinajstić information content (AvgIpc) is 3.39. The molecule has 0 saturated carbocycles. The topological polar surface area (TPSA) is 93.5 Å². The summed E-state index contributed by atoms with van der Waals surface area (Å²) in [5.41, 5.74) is 4.48. The van der Waals surface area contributed by atoms with Gasteiger partial charge in [0.1, 0.15) is 23.7 Å². The quantitative estimate of drug-likeness (QED) is 0.423. The lowest BCUT2D eigenvalue weighted by atomic mass is 10.2. The van der Waals surface area contributed by atoms with Gasteiger partial charge in [-0.1, -0.05) is 12.1 Å². The minimum Gasteiger partial charge on any atom is -0.497 e. The molecule has 0 fully saturated rings. The highest BCUT2D eigenvalue weighted by atomic mass is 16.5. The molecule has 0 unspecified atom stereocenters. The number of imidazole rings is 2. The monoisotopic (exact) mass is 413 g/mol. The Morgan fingerprint density at radius 2 is 1.84 bits per heavy atom. The van der Waals surface area contributed by atoms with E-state index in [2.05, 4.69) is 43.7 Å². The summed E-state index contributed by atoms with van der Waals surface area (Å²) in [5.74, 6) is 3.18. The number of nitrogens with one attached hydrogen (secondary N) is 2. The predicted molar refractivity (Wildman–Crippen MR) is 121 cm³/mol. The molecule has 0 radical (unpaired) electrons. The number of fused-ring (bicyclic) bond motifs is 2. The third-order valence-corrected chi connectivity index (χ3v) is 5.20. The van der Waals surface area contributed by atoms with Gasteiger partial charge >= 0.3 is 0 Å². The maximum Gasteiger partial charge on any atom is 0.166 e. The summed E-state index contributed by atoms with van der Waals surface area (Å²) in [4.78, 5) is 21.9. The highest BCUT2D eigenvalue weighted by Gasteiger charge is 2.19. The van der Waals surface area contributed by atoms with Crippen LogP contribution in [0, 0.1) is 0 Å². The molecular formula is C23H23N7O. The minimum absolute atomic E-state index is 0.181. The van der Waals surface area contributed by atoms with Crippen LogP contribution in [0.4, 0.5) is 5.82 Å². The number of H-pyrrole nitrogens is 1. The Morgan fingerprint density at radius 3 is 2.58 bits per heavy atom. The van der Waals surface area contributed by atoms with Gasteiger partial charge in [0.05, 0.1) is 24.7 Å². The number of hydrogen-bond donors (Lipinski definition) is 2. The second-order valence-electron chi connectivity index (χ2n) is 7.58. The number of hydrogen-bond acceptors (Lipinski definition) is 6. The van der Waals surface area contributed by atoms with Gasteiger partial charge in [-0.3, -0.25) is 0 Å². The number of rotatable bonds is 6. The lowest BCUT2D eigenvalue weighted by Gasteiger charge is -2.12. The largest absolute Gasteiger partial charge is 0.497 e. The second-order valence-corrected chi connectivity index (χ2v) is 7.58. The molecular weight excluding hydrogens is 390 g/mol. The van der Waals surface area contributed by atoms with Gasteiger partial charge in [-0.25, -0.2) is 19.9 Å².